The lowest BCUT2D eigenvalue weighted by atomic mass is 9.99. The van der Waals surface area contributed by atoms with E-state index in [4.69, 9.17) is 0 Å². The normalized spacial score (nSPS) is 15.3. The fourth-order valence-electron chi connectivity index (χ4n) is 2.83. The molecule has 2 aromatic rings. The first-order valence-electron chi connectivity index (χ1n) is 8.22. The minimum absolute atomic E-state index is 0.0206. The van der Waals surface area contributed by atoms with Crippen LogP contribution < -0.4 is 10.2 Å². The Morgan fingerprint density at radius 3 is 2.79 bits per heavy atom. The van der Waals surface area contributed by atoms with E-state index in [1.54, 1.807) is 24.3 Å². The van der Waals surface area contributed by atoms with Crippen LogP contribution in [0.3, 0.4) is 0 Å². The highest BCUT2D eigenvalue weighted by atomic mass is 19.1. The van der Waals surface area contributed by atoms with Gasteiger partial charge in [-0.15, -0.1) is 0 Å². The summed E-state index contributed by atoms with van der Waals surface area (Å²) in [6, 6.07) is 8.05. The fraction of sp³-hybridized carbons (Fsp3) is 0.389. The molecule has 0 aliphatic carbocycles. The van der Waals surface area contributed by atoms with Crippen LogP contribution in [0.2, 0.25) is 0 Å². The van der Waals surface area contributed by atoms with Crippen molar-refractivity contribution in [3.8, 4) is 0 Å². The molecule has 1 aromatic heterocycles. The molecular formula is C18H21FN4O. The van der Waals surface area contributed by atoms with Crippen molar-refractivity contribution in [1.29, 1.82) is 0 Å². The number of amides is 1. The molecule has 1 N–H and O–H groups in total. The van der Waals surface area contributed by atoms with Gasteiger partial charge in [0.2, 0.25) is 5.91 Å². The molecule has 1 aliphatic heterocycles. The van der Waals surface area contributed by atoms with Crippen LogP contribution in [0.5, 0.6) is 0 Å². The second-order valence-corrected chi connectivity index (χ2v) is 6.25. The second-order valence-electron chi connectivity index (χ2n) is 6.25. The number of piperidine rings is 1. The summed E-state index contributed by atoms with van der Waals surface area (Å²) < 4.78 is 13.6. The lowest BCUT2D eigenvalue weighted by molar-refractivity contribution is -0.115. The molecule has 1 aliphatic rings. The maximum atomic E-state index is 13.6. The molecule has 0 atom stereocenters. The molecule has 3 rings (SSSR count). The summed E-state index contributed by atoms with van der Waals surface area (Å²) in [5.41, 5.74) is 0.370. The lowest BCUT2D eigenvalue weighted by Crippen LogP contribution is -2.33. The van der Waals surface area contributed by atoms with Gasteiger partial charge in [-0.1, -0.05) is 25.1 Å². The number of hydrogen-bond acceptors (Lipinski definition) is 4. The zero-order valence-corrected chi connectivity index (χ0v) is 13.7. The molecule has 0 saturated carbocycles. The first-order chi connectivity index (χ1) is 11.6. The number of nitrogens with zero attached hydrogens (tertiary/aromatic N) is 3. The van der Waals surface area contributed by atoms with E-state index < -0.39 is 0 Å². The van der Waals surface area contributed by atoms with Crippen LogP contribution in [0.1, 0.15) is 25.3 Å². The maximum absolute atomic E-state index is 13.6. The van der Waals surface area contributed by atoms with E-state index >= 15 is 0 Å². The minimum atomic E-state index is -0.376. The number of halogens is 1. The first-order valence-corrected chi connectivity index (χ1v) is 8.22. The second kappa shape index (κ2) is 7.38. The molecular weight excluding hydrogens is 307 g/mol. The van der Waals surface area contributed by atoms with Gasteiger partial charge in [0, 0.05) is 19.2 Å². The molecule has 0 spiro atoms. The van der Waals surface area contributed by atoms with Crippen molar-refractivity contribution in [1.82, 2.24) is 9.97 Å². The Bertz CT molecular complexity index is 714. The van der Waals surface area contributed by atoms with E-state index in [0.29, 0.717) is 11.4 Å². The van der Waals surface area contributed by atoms with Crippen molar-refractivity contribution in [3.63, 3.8) is 0 Å². The van der Waals surface area contributed by atoms with Crippen LogP contribution in [-0.2, 0) is 11.2 Å². The Balaban J connectivity index is 1.64. The first kappa shape index (κ1) is 16.4. The summed E-state index contributed by atoms with van der Waals surface area (Å²) in [4.78, 5) is 22.7. The number of rotatable bonds is 4. The van der Waals surface area contributed by atoms with Crippen molar-refractivity contribution >= 4 is 17.5 Å². The average molecular weight is 328 g/mol. The molecule has 126 valence electrons. The zero-order valence-electron chi connectivity index (χ0n) is 13.7. The summed E-state index contributed by atoms with van der Waals surface area (Å²) in [5.74, 6) is 1.33. The average Bonchev–Trinajstić information content (AvgIpc) is 2.58. The van der Waals surface area contributed by atoms with E-state index in [9.17, 15) is 9.18 Å². The van der Waals surface area contributed by atoms with Crippen LogP contribution in [0.15, 0.2) is 36.7 Å². The van der Waals surface area contributed by atoms with Gasteiger partial charge in [0.25, 0.3) is 0 Å². The summed E-state index contributed by atoms with van der Waals surface area (Å²) in [5, 5.41) is 2.72. The number of carbonyl (C=O) groups excluding carboxylic acids is 1. The van der Waals surface area contributed by atoms with Gasteiger partial charge in [-0.25, -0.2) is 14.4 Å². The standard InChI is InChI=1S/C18H21FN4O/c1-13-6-8-23(9-7-13)17-11-16(20-12-21-17)22-18(24)10-14-4-2-3-5-15(14)19/h2-5,11-13H,6-10H2,1H3,(H,20,21,22,24). The van der Waals surface area contributed by atoms with Crippen LogP contribution in [0, 0.1) is 11.7 Å². The van der Waals surface area contributed by atoms with Gasteiger partial charge in [0.05, 0.1) is 6.42 Å². The largest absolute Gasteiger partial charge is 0.356 e. The maximum Gasteiger partial charge on any atom is 0.230 e. The SMILES string of the molecule is CC1CCN(c2cc(NC(=O)Cc3ccccc3F)ncn2)CC1. The van der Waals surface area contributed by atoms with E-state index in [1.165, 1.54) is 12.4 Å². The Morgan fingerprint density at radius 2 is 2.04 bits per heavy atom. The van der Waals surface area contributed by atoms with Crippen LogP contribution in [0.25, 0.3) is 0 Å². The van der Waals surface area contributed by atoms with Gasteiger partial charge in [-0.2, -0.15) is 0 Å². The topological polar surface area (TPSA) is 58.1 Å². The number of anilines is 2. The molecule has 24 heavy (non-hydrogen) atoms. The highest BCUT2D eigenvalue weighted by Gasteiger charge is 2.17. The van der Waals surface area contributed by atoms with Crippen LogP contribution >= 0.6 is 0 Å². The van der Waals surface area contributed by atoms with Gasteiger partial charge in [0.15, 0.2) is 0 Å². The summed E-state index contributed by atoms with van der Waals surface area (Å²) in [6.45, 7) is 4.17. The summed E-state index contributed by atoms with van der Waals surface area (Å²) in [7, 11) is 0. The molecule has 1 aromatic carbocycles. The van der Waals surface area contributed by atoms with E-state index in [-0.39, 0.29) is 18.1 Å². The number of hydrogen-bond donors (Lipinski definition) is 1. The fourth-order valence-corrected chi connectivity index (χ4v) is 2.83. The highest BCUT2D eigenvalue weighted by molar-refractivity contribution is 5.91. The molecule has 1 fully saturated rings. The third kappa shape index (κ3) is 4.07. The van der Waals surface area contributed by atoms with Crippen molar-refractivity contribution in [2.45, 2.75) is 26.2 Å². The Morgan fingerprint density at radius 1 is 1.29 bits per heavy atom. The smallest absolute Gasteiger partial charge is 0.230 e. The van der Waals surface area contributed by atoms with Crippen molar-refractivity contribution < 1.29 is 9.18 Å². The monoisotopic (exact) mass is 328 g/mol. The molecule has 0 unspecified atom stereocenters. The number of nitrogens with one attached hydrogen (secondary N) is 1. The molecule has 6 heteroatoms. The predicted molar refractivity (Wildman–Crippen MR) is 91.4 cm³/mol. The van der Waals surface area contributed by atoms with Crippen molar-refractivity contribution in [2.24, 2.45) is 5.92 Å². The predicted octanol–water partition coefficient (Wildman–Crippen LogP) is 3.03. The van der Waals surface area contributed by atoms with E-state index in [2.05, 4.69) is 27.1 Å². The van der Waals surface area contributed by atoms with Gasteiger partial charge < -0.3 is 10.2 Å². The highest BCUT2D eigenvalue weighted by Crippen LogP contribution is 2.22. The molecule has 1 amide bonds. The number of carbonyl (C=O) groups is 1. The summed E-state index contributed by atoms with van der Waals surface area (Å²) >= 11 is 0. The summed E-state index contributed by atoms with van der Waals surface area (Å²) in [6.07, 6.45) is 3.71. The van der Waals surface area contributed by atoms with Gasteiger partial charge >= 0.3 is 0 Å². The van der Waals surface area contributed by atoms with Crippen molar-refractivity contribution in [3.05, 3.63) is 48.0 Å². The van der Waals surface area contributed by atoms with Gasteiger partial charge in [0.1, 0.15) is 23.8 Å². The van der Waals surface area contributed by atoms with E-state index in [1.807, 2.05) is 0 Å². The zero-order chi connectivity index (χ0) is 16.9. The molecule has 2 heterocycles. The molecule has 5 nitrogen and oxygen atoms in total. The Kier molecular flexibility index (Phi) is 5.03. The van der Waals surface area contributed by atoms with Gasteiger partial charge in [-0.3, -0.25) is 4.79 Å². The molecule has 0 bridgehead atoms. The Hall–Kier alpha value is -2.50. The number of benzene rings is 1. The van der Waals surface area contributed by atoms with E-state index in [0.717, 1.165) is 37.7 Å². The van der Waals surface area contributed by atoms with Crippen molar-refractivity contribution in [2.75, 3.05) is 23.3 Å². The molecule has 1 saturated heterocycles. The van der Waals surface area contributed by atoms with Crippen LogP contribution in [-0.4, -0.2) is 29.0 Å². The third-order valence-electron chi connectivity index (χ3n) is 4.34. The van der Waals surface area contributed by atoms with Gasteiger partial charge in [-0.05, 0) is 30.4 Å². The lowest BCUT2D eigenvalue weighted by Gasteiger charge is -2.31. The van der Waals surface area contributed by atoms with Crippen LogP contribution in [0.4, 0.5) is 16.0 Å². The molecule has 0 radical (unpaired) electrons. The quantitative estimate of drug-likeness (QED) is 0.937. The third-order valence-corrected chi connectivity index (χ3v) is 4.34. The minimum Gasteiger partial charge on any atom is -0.356 e. The number of aromatic nitrogens is 2. The Labute approximate surface area is 140 Å².